The van der Waals surface area contributed by atoms with E-state index < -0.39 is 18.8 Å². The lowest BCUT2D eigenvalue weighted by atomic mass is 10.00. The summed E-state index contributed by atoms with van der Waals surface area (Å²) in [5.74, 6) is 0.123. The minimum Gasteiger partial charge on any atom is -0.390 e. The molecule has 0 radical (unpaired) electrons. The predicted molar refractivity (Wildman–Crippen MR) is 123 cm³/mol. The fourth-order valence-electron chi connectivity index (χ4n) is 4.48. The second-order valence-electron chi connectivity index (χ2n) is 9.15. The molecule has 0 bridgehead atoms. The SMILES string of the molecule is Cc1cnc(NC2CN(CC(F)(F)F)C2)cc1C(=O)NCC(O)CN1CCc2ccccc2C1. The van der Waals surface area contributed by atoms with Crippen molar-refractivity contribution in [2.24, 2.45) is 0 Å². The van der Waals surface area contributed by atoms with Crippen molar-refractivity contribution in [3.05, 3.63) is 58.8 Å². The second kappa shape index (κ2) is 10.3. The van der Waals surface area contributed by atoms with Gasteiger partial charge >= 0.3 is 6.18 Å². The van der Waals surface area contributed by atoms with Crippen molar-refractivity contribution in [2.75, 3.05) is 44.6 Å². The molecule has 7 nitrogen and oxygen atoms in total. The van der Waals surface area contributed by atoms with Gasteiger partial charge in [-0.1, -0.05) is 24.3 Å². The number of nitrogens with one attached hydrogen (secondary N) is 2. The Hall–Kier alpha value is -2.69. The van der Waals surface area contributed by atoms with Gasteiger partial charge in [0, 0.05) is 51.0 Å². The van der Waals surface area contributed by atoms with Crippen molar-refractivity contribution < 1.29 is 23.1 Å². The molecule has 1 aromatic carbocycles. The summed E-state index contributed by atoms with van der Waals surface area (Å²) in [6.45, 7) is 3.61. The number of aryl methyl sites for hydroxylation is 1. The molecule has 1 unspecified atom stereocenters. The third-order valence-corrected chi connectivity index (χ3v) is 6.24. The van der Waals surface area contributed by atoms with Crippen molar-refractivity contribution >= 4 is 11.7 Å². The molecule has 0 saturated carbocycles. The largest absolute Gasteiger partial charge is 0.401 e. The normalized spacial score (nSPS) is 18.1. The summed E-state index contributed by atoms with van der Waals surface area (Å²) in [5.41, 5.74) is 3.71. The number of likely N-dealkylation sites (tertiary alicyclic amines) is 1. The minimum atomic E-state index is -4.21. The second-order valence-corrected chi connectivity index (χ2v) is 9.15. The molecular weight excluding hydrogens is 447 g/mol. The number of aliphatic hydroxyl groups excluding tert-OH is 1. The summed E-state index contributed by atoms with van der Waals surface area (Å²) in [5, 5.41) is 16.3. The van der Waals surface area contributed by atoms with E-state index in [1.165, 1.54) is 16.0 Å². The zero-order chi connectivity index (χ0) is 24.3. The van der Waals surface area contributed by atoms with Crippen molar-refractivity contribution in [3.8, 4) is 0 Å². The number of nitrogens with zero attached hydrogens (tertiary/aromatic N) is 3. The van der Waals surface area contributed by atoms with E-state index >= 15 is 0 Å². The number of alkyl halides is 3. The van der Waals surface area contributed by atoms with Gasteiger partial charge in [0.1, 0.15) is 5.82 Å². The lowest BCUT2D eigenvalue weighted by Gasteiger charge is -2.40. The highest BCUT2D eigenvalue weighted by Gasteiger charge is 2.37. The quantitative estimate of drug-likeness (QED) is 0.541. The maximum absolute atomic E-state index is 12.7. The number of anilines is 1. The van der Waals surface area contributed by atoms with E-state index in [1.54, 1.807) is 19.2 Å². The molecule has 3 heterocycles. The Bertz CT molecular complexity index is 1010. The van der Waals surface area contributed by atoms with Crippen LogP contribution >= 0.6 is 0 Å². The number of hydrogen-bond acceptors (Lipinski definition) is 6. The summed E-state index contributed by atoms with van der Waals surface area (Å²) >= 11 is 0. The van der Waals surface area contributed by atoms with Crippen molar-refractivity contribution in [1.82, 2.24) is 20.1 Å². The Morgan fingerprint density at radius 1 is 1.24 bits per heavy atom. The highest BCUT2D eigenvalue weighted by atomic mass is 19.4. The van der Waals surface area contributed by atoms with Crippen LogP contribution in [0.15, 0.2) is 36.5 Å². The smallest absolute Gasteiger partial charge is 0.390 e. The molecule has 2 aliphatic heterocycles. The van der Waals surface area contributed by atoms with Crippen molar-refractivity contribution in [2.45, 2.75) is 38.2 Å². The monoisotopic (exact) mass is 477 g/mol. The third-order valence-electron chi connectivity index (χ3n) is 6.24. The van der Waals surface area contributed by atoms with Gasteiger partial charge in [0.25, 0.3) is 5.91 Å². The van der Waals surface area contributed by atoms with Crippen molar-refractivity contribution in [1.29, 1.82) is 0 Å². The van der Waals surface area contributed by atoms with Gasteiger partial charge in [0.15, 0.2) is 0 Å². The molecule has 2 aromatic rings. The van der Waals surface area contributed by atoms with Crippen LogP contribution in [0.4, 0.5) is 19.0 Å². The van der Waals surface area contributed by atoms with E-state index in [0.29, 0.717) is 23.5 Å². The number of amides is 1. The van der Waals surface area contributed by atoms with Crippen LogP contribution in [0.25, 0.3) is 0 Å². The summed E-state index contributed by atoms with van der Waals surface area (Å²) < 4.78 is 37.3. The number of fused-ring (bicyclic) bond motifs is 1. The number of aliphatic hydroxyl groups is 1. The van der Waals surface area contributed by atoms with Gasteiger partial charge in [-0.05, 0) is 36.1 Å². The Kier molecular flexibility index (Phi) is 7.39. The molecule has 2 aliphatic rings. The van der Waals surface area contributed by atoms with Crippen LogP contribution in [0, 0.1) is 6.92 Å². The first-order valence-electron chi connectivity index (χ1n) is 11.4. The molecular formula is C24H30F3N5O2. The highest BCUT2D eigenvalue weighted by molar-refractivity contribution is 5.96. The first-order chi connectivity index (χ1) is 16.2. The van der Waals surface area contributed by atoms with Crippen LogP contribution in [0.2, 0.25) is 0 Å². The molecule has 1 aromatic heterocycles. The van der Waals surface area contributed by atoms with Crippen LogP contribution < -0.4 is 10.6 Å². The number of hydrogen-bond donors (Lipinski definition) is 3. The number of β-amino-alcohol motifs (C(OH)–C–C–N with tert-alkyl or cyclic N) is 1. The predicted octanol–water partition coefficient (Wildman–Crippen LogP) is 2.20. The van der Waals surface area contributed by atoms with Gasteiger partial charge in [-0.2, -0.15) is 13.2 Å². The molecule has 4 rings (SSSR count). The standard InChI is InChI=1S/C24H30F3N5O2/c1-16-9-28-22(30-19-12-32(13-19)15-24(25,26)27)8-21(16)23(34)29-10-20(33)14-31-7-6-17-4-2-3-5-18(17)11-31/h2-5,8-9,19-20,33H,6-7,10-15H2,1H3,(H,28,30)(H,29,34). The molecule has 1 fully saturated rings. The molecule has 0 aliphatic carbocycles. The molecule has 1 saturated heterocycles. The number of benzene rings is 1. The Morgan fingerprint density at radius 3 is 2.71 bits per heavy atom. The maximum atomic E-state index is 12.7. The number of halogens is 3. The first-order valence-corrected chi connectivity index (χ1v) is 11.4. The van der Waals surface area contributed by atoms with Crippen LogP contribution in [-0.4, -0.2) is 83.4 Å². The first kappa shape index (κ1) is 24.4. The average molecular weight is 478 g/mol. The summed E-state index contributed by atoms with van der Waals surface area (Å²) in [6.07, 6.45) is -2.41. The summed E-state index contributed by atoms with van der Waals surface area (Å²) in [7, 11) is 0. The summed E-state index contributed by atoms with van der Waals surface area (Å²) in [4.78, 5) is 20.5. The average Bonchev–Trinajstić information content (AvgIpc) is 2.76. The topological polar surface area (TPSA) is 80.7 Å². The van der Waals surface area contributed by atoms with Gasteiger partial charge < -0.3 is 15.7 Å². The lowest BCUT2D eigenvalue weighted by molar-refractivity contribution is -0.153. The minimum absolute atomic E-state index is 0.122. The molecule has 1 atom stereocenters. The highest BCUT2D eigenvalue weighted by Crippen LogP contribution is 2.22. The zero-order valence-corrected chi connectivity index (χ0v) is 19.1. The van der Waals surface area contributed by atoms with E-state index in [4.69, 9.17) is 0 Å². The molecule has 184 valence electrons. The van der Waals surface area contributed by atoms with Gasteiger partial charge in [-0.3, -0.25) is 14.6 Å². The van der Waals surface area contributed by atoms with Crippen LogP contribution in [-0.2, 0) is 13.0 Å². The number of rotatable bonds is 8. The van der Waals surface area contributed by atoms with Crippen molar-refractivity contribution in [3.63, 3.8) is 0 Å². The molecule has 34 heavy (non-hydrogen) atoms. The Labute approximate surface area is 197 Å². The van der Waals surface area contributed by atoms with Gasteiger partial charge in [0.2, 0.25) is 0 Å². The number of carbonyl (C=O) groups excluding carboxylic acids is 1. The van der Waals surface area contributed by atoms with Crippen LogP contribution in [0.3, 0.4) is 0 Å². The van der Waals surface area contributed by atoms with E-state index in [-0.39, 0.29) is 31.6 Å². The molecule has 1 amide bonds. The number of aromatic nitrogens is 1. The number of pyridine rings is 1. The Balaban J connectivity index is 1.24. The van der Waals surface area contributed by atoms with Crippen LogP contribution in [0.1, 0.15) is 27.0 Å². The van der Waals surface area contributed by atoms with E-state index in [2.05, 4.69) is 32.7 Å². The molecule has 0 spiro atoms. The van der Waals surface area contributed by atoms with Gasteiger partial charge in [-0.15, -0.1) is 0 Å². The number of carbonyl (C=O) groups is 1. The zero-order valence-electron chi connectivity index (χ0n) is 19.1. The lowest BCUT2D eigenvalue weighted by Crippen LogP contribution is -2.57. The fraction of sp³-hybridized carbons (Fsp3) is 0.500. The third kappa shape index (κ3) is 6.46. The van der Waals surface area contributed by atoms with E-state index in [1.807, 2.05) is 12.1 Å². The fourth-order valence-corrected chi connectivity index (χ4v) is 4.48. The molecule has 10 heteroatoms. The van der Waals surface area contributed by atoms with Gasteiger partial charge in [-0.25, -0.2) is 4.98 Å². The Morgan fingerprint density at radius 2 is 1.97 bits per heavy atom. The summed E-state index contributed by atoms with van der Waals surface area (Å²) in [6, 6.07) is 9.74. The van der Waals surface area contributed by atoms with E-state index in [9.17, 15) is 23.1 Å². The maximum Gasteiger partial charge on any atom is 0.401 e. The van der Waals surface area contributed by atoms with Gasteiger partial charge in [0.05, 0.1) is 18.7 Å². The molecule has 3 N–H and O–H groups in total. The van der Waals surface area contributed by atoms with E-state index in [0.717, 1.165) is 19.5 Å². The van der Waals surface area contributed by atoms with Crippen LogP contribution in [0.5, 0.6) is 0 Å².